The summed E-state index contributed by atoms with van der Waals surface area (Å²) in [6, 6.07) is 2.66. The third kappa shape index (κ3) is 8.43. The summed E-state index contributed by atoms with van der Waals surface area (Å²) in [4.78, 5) is 0. The van der Waals surface area contributed by atoms with E-state index in [4.69, 9.17) is 23.4 Å². The van der Waals surface area contributed by atoms with Crippen molar-refractivity contribution in [3.05, 3.63) is 23.3 Å². The average molecular weight is 432 g/mol. The summed E-state index contributed by atoms with van der Waals surface area (Å²) in [5, 5.41) is 8.78. The molecule has 0 bridgehead atoms. The predicted molar refractivity (Wildman–Crippen MR) is 113 cm³/mol. The molecule has 9 heteroatoms. The molecule has 7 nitrogen and oxygen atoms in total. The van der Waals surface area contributed by atoms with E-state index in [0.717, 1.165) is 24.0 Å². The van der Waals surface area contributed by atoms with Gasteiger partial charge in [-0.2, -0.15) is 5.26 Å². The quantitative estimate of drug-likeness (QED) is 0.284. The monoisotopic (exact) mass is 432 g/mol. The first kappa shape index (κ1) is 25.5. The molecule has 28 heavy (non-hydrogen) atoms. The molecule has 0 heterocycles. The van der Waals surface area contributed by atoms with E-state index in [-0.39, 0.29) is 12.1 Å². The van der Waals surface area contributed by atoms with Gasteiger partial charge in [0.25, 0.3) is 8.53 Å². The second-order valence-electron chi connectivity index (χ2n) is 7.10. The molecule has 0 aliphatic heterocycles. The van der Waals surface area contributed by atoms with Crippen LogP contribution in [0.25, 0.3) is 0 Å². The Morgan fingerprint density at radius 3 is 2.14 bits per heavy atom. The van der Waals surface area contributed by atoms with Crippen molar-refractivity contribution in [3.63, 3.8) is 0 Å². The molecule has 0 spiro atoms. The van der Waals surface area contributed by atoms with E-state index >= 15 is 0 Å². The molecule has 0 amide bonds. The smallest absolute Gasteiger partial charge is 0.321 e. The fourth-order valence-corrected chi connectivity index (χ4v) is 5.67. The molecule has 0 N–H and O–H groups in total. The second kappa shape index (κ2) is 12.9. The van der Waals surface area contributed by atoms with Gasteiger partial charge in [-0.25, -0.2) is 4.67 Å². The van der Waals surface area contributed by atoms with E-state index in [1.54, 1.807) is 0 Å². The largest absolute Gasteiger partial charge is 0.334 e. The van der Waals surface area contributed by atoms with Gasteiger partial charge in [0, 0.05) is 26.3 Å². The highest BCUT2D eigenvalue weighted by Crippen LogP contribution is 2.49. The van der Waals surface area contributed by atoms with Gasteiger partial charge in [-0.15, -0.1) is 0 Å². The Labute approximate surface area is 171 Å². The summed E-state index contributed by atoms with van der Waals surface area (Å²) in [5.41, 5.74) is 2.21. The molecule has 0 aromatic rings. The molecule has 1 atom stereocenters. The van der Waals surface area contributed by atoms with Crippen molar-refractivity contribution in [1.82, 2.24) is 4.67 Å². The molecular weight excluding hydrogens is 398 g/mol. The van der Waals surface area contributed by atoms with Crippen LogP contribution in [0, 0.1) is 11.3 Å². The van der Waals surface area contributed by atoms with Crippen molar-refractivity contribution in [2.24, 2.45) is 0 Å². The number of allylic oxidation sites excluding steroid dienone is 3. The average Bonchev–Trinajstić information content (AvgIpc) is 2.66. The summed E-state index contributed by atoms with van der Waals surface area (Å²) in [5.74, 6) is 0. The molecule has 0 fully saturated rings. The molecule has 0 saturated heterocycles. The molecule has 0 saturated carbocycles. The Bertz CT molecular complexity index is 612. The van der Waals surface area contributed by atoms with Crippen LogP contribution < -0.4 is 0 Å². The Balaban J connectivity index is 2.74. The third-order valence-electron chi connectivity index (χ3n) is 4.30. The van der Waals surface area contributed by atoms with Crippen molar-refractivity contribution in [3.8, 4) is 6.07 Å². The molecule has 0 aromatic carbocycles. The van der Waals surface area contributed by atoms with E-state index in [0.29, 0.717) is 25.8 Å². The number of hydrogen-bond acceptors (Lipinski definition) is 7. The van der Waals surface area contributed by atoms with Crippen molar-refractivity contribution in [1.29, 1.82) is 5.26 Å². The lowest BCUT2D eigenvalue weighted by molar-refractivity contribution is 0.184. The lowest BCUT2D eigenvalue weighted by Gasteiger charge is -2.35. The fourth-order valence-electron chi connectivity index (χ4n) is 2.88. The predicted octanol–water partition coefficient (Wildman–Crippen LogP) is 5.41. The maximum absolute atomic E-state index is 12.3. The third-order valence-corrected chi connectivity index (χ3v) is 8.26. The number of nitriles is 1. The molecule has 1 aliphatic rings. The summed E-state index contributed by atoms with van der Waals surface area (Å²) < 4.78 is 36.6. The van der Waals surface area contributed by atoms with Gasteiger partial charge in [-0.1, -0.05) is 17.7 Å². The van der Waals surface area contributed by atoms with Crippen molar-refractivity contribution >= 4 is 16.1 Å². The first-order valence-electron chi connectivity index (χ1n) is 9.55. The molecule has 1 aliphatic carbocycles. The van der Waals surface area contributed by atoms with Gasteiger partial charge >= 0.3 is 7.60 Å². The van der Waals surface area contributed by atoms with Crippen molar-refractivity contribution in [2.45, 2.75) is 59.0 Å². The normalized spacial score (nSPS) is 16.3. The van der Waals surface area contributed by atoms with Crippen LogP contribution in [0.5, 0.6) is 0 Å². The Morgan fingerprint density at radius 1 is 1.11 bits per heavy atom. The summed E-state index contributed by atoms with van der Waals surface area (Å²) in [6.07, 6.45) is 6.30. The van der Waals surface area contributed by atoms with Gasteiger partial charge in [0.2, 0.25) is 0 Å². The van der Waals surface area contributed by atoms with Crippen molar-refractivity contribution in [2.75, 3.05) is 33.6 Å². The molecule has 0 radical (unpaired) electrons. The van der Waals surface area contributed by atoms with E-state index in [1.807, 2.05) is 12.2 Å². The maximum atomic E-state index is 12.3. The van der Waals surface area contributed by atoms with Crippen LogP contribution >= 0.6 is 16.1 Å². The molecule has 1 unspecified atom stereocenters. The number of rotatable bonds is 13. The van der Waals surface area contributed by atoms with E-state index in [9.17, 15) is 4.57 Å². The molecule has 1 rings (SSSR count). The van der Waals surface area contributed by atoms with Gasteiger partial charge in [0.15, 0.2) is 0 Å². The summed E-state index contributed by atoms with van der Waals surface area (Å²) >= 11 is 0. The topological polar surface area (TPSA) is 81.0 Å². The van der Waals surface area contributed by atoms with Crippen LogP contribution in [-0.2, 0) is 22.7 Å². The fraction of sp³-hybridized carbons (Fsp3) is 0.737. The highest BCUT2D eigenvalue weighted by atomic mass is 31.2. The molecule has 160 valence electrons. The lowest BCUT2D eigenvalue weighted by atomic mass is 10.0. The molecular formula is C19H34N2O5P2. The zero-order chi connectivity index (χ0) is 21.2. The van der Waals surface area contributed by atoms with Gasteiger partial charge < -0.3 is 18.1 Å². The van der Waals surface area contributed by atoms with E-state index in [1.165, 1.54) is 14.2 Å². The first-order valence-corrected chi connectivity index (χ1v) is 12.4. The zero-order valence-corrected chi connectivity index (χ0v) is 19.7. The Kier molecular flexibility index (Phi) is 11.7. The van der Waals surface area contributed by atoms with Gasteiger partial charge in [0.1, 0.15) is 0 Å². The Hall–Kier alpha value is -0.570. The van der Waals surface area contributed by atoms with Gasteiger partial charge in [0.05, 0.1) is 31.9 Å². The first-order chi connectivity index (χ1) is 13.3. The highest BCUT2D eigenvalue weighted by Gasteiger charge is 2.28. The maximum Gasteiger partial charge on any atom is 0.334 e. The number of nitrogens with zero attached hydrogens (tertiary/aromatic N) is 2. The van der Waals surface area contributed by atoms with Crippen LogP contribution in [0.2, 0.25) is 0 Å². The minimum absolute atomic E-state index is 0.275. The van der Waals surface area contributed by atoms with Crippen molar-refractivity contribution < 1.29 is 22.7 Å². The lowest BCUT2D eigenvalue weighted by Crippen LogP contribution is -2.33. The van der Waals surface area contributed by atoms with Gasteiger partial charge in [-0.3, -0.25) is 4.57 Å². The van der Waals surface area contributed by atoms with E-state index in [2.05, 4.69) is 38.4 Å². The minimum Gasteiger partial charge on any atom is -0.321 e. The van der Waals surface area contributed by atoms with Crippen LogP contribution in [0.15, 0.2) is 23.3 Å². The van der Waals surface area contributed by atoms with E-state index < -0.39 is 16.1 Å². The Morgan fingerprint density at radius 2 is 1.68 bits per heavy atom. The molecule has 0 aromatic heterocycles. The highest BCUT2D eigenvalue weighted by molar-refractivity contribution is 7.54. The van der Waals surface area contributed by atoms with Gasteiger partial charge in [-0.05, 0) is 46.1 Å². The zero-order valence-electron chi connectivity index (χ0n) is 17.9. The minimum atomic E-state index is -3.03. The van der Waals surface area contributed by atoms with Crippen LogP contribution in [0.4, 0.5) is 0 Å². The van der Waals surface area contributed by atoms with Crippen LogP contribution in [-0.4, -0.2) is 50.3 Å². The SMILES string of the molecule is COP(=O)(CC1=CC=C(COP(OCCC#N)N(C(C)C)C(C)C)CC1)OC. The summed E-state index contributed by atoms with van der Waals surface area (Å²) in [7, 11) is -1.45. The summed E-state index contributed by atoms with van der Waals surface area (Å²) in [6.45, 7) is 9.31. The number of hydrogen-bond donors (Lipinski definition) is 0. The van der Waals surface area contributed by atoms with Crippen LogP contribution in [0.1, 0.15) is 47.0 Å². The standard InChI is InChI=1S/C19H34N2O5P2/c1-16(2)21(17(3)4)27(25-13-7-12-20)26-14-18-8-10-19(11-9-18)15-28(22,23-5)24-6/h8,10,16-17H,7,9,11,13-15H2,1-6H3. The second-order valence-corrected chi connectivity index (χ2v) is 10.8. The van der Waals surface area contributed by atoms with Crippen LogP contribution in [0.3, 0.4) is 0 Å².